The Morgan fingerprint density at radius 3 is 1.23 bits per heavy atom. The van der Waals surface area contributed by atoms with Crippen molar-refractivity contribution in [1.29, 1.82) is 0 Å². The third-order valence-corrected chi connectivity index (χ3v) is 18.9. The van der Waals surface area contributed by atoms with Crippen molar-refractivity contribution in [2.24, 2.45) is 0 Å². The van der Waals surface area contributed by atoms with Crippen LogP contribution in [0.5, 0.6) is 0 Å². The third-order valence-electron chi connectivity index (χ3n) is 5.05. The van der Waals surface area contributed by atoms with Crippen LogP contribution < -0.4 is 0 Å². The summed E-state index contributed by atoms with van der Waals surface area (Å²) in [5, 5.41) is 0. The van der Waals surface area contributed by atoms with Gasteiger partial charge in [0.25, 0.3) is 0 Å². The lowest BCUT2D eigenvalue weighted by Gasteiger charge is -2.44. The molecule has 0 aliphatic carbocycles. The van der Waals surface area contributed by atoms with Crippen LogP contribution >= 0.6 is 0 Å². The maximum Gasteiger partial charge on any atom is 0.112 e. The van der Waals surface area contributed by atoms with Crippen LogP contribution in [0.25, 0.3) is 0 Å². The number of hydrogen-bond acceptors (Lipinski definition) is 1. The zero-order chi connectivity index (χ0) is 17.4. The van der Waals surface area contributed by atoms with Crippen LogP contribution in [-0.2, 0) is 0 Å². The van der Waals surface area contributed by atoms with Gasteiger partial charge in [-0.25, -0.2) is 0 Å². The Balaban J connectivity index is 4.83. The van der Waals surface area contributed by atoms with Crippen molar-refractivity contribution in [3.05, 3.63) is 0 Å². The van der Waals surface area contributed by atoms with Gasteiger partial charge in [0.15, 0.2) is 0 Å². The number of rotatable bonds is 12. The molecule has 0 unspecified atom stereocenters. The van der Waals surface area contributed by atoms with Crippen molar-refractivity contribution in [3.63, 3.8) is 0 Å². The third kappa shape index (κ3) is 7.93. The molecule has 0 aliphatic heterocycles. The van der Waals surface area contributed by atoms with E-state index >= 15 is 0 Å². The van der Waals surface area contributed by atoms with E-state index in [0.717, 1.165) is 0 Å². The van der Waals surface area contributed by atoms with Gasteiger partial charge in [-0.1, -0.05) is 103 Å². The van der Waals surface area contributed by atoms with E-state index in [-0.39, 0.29) is 0 Å². The lowest BCUT2D eigenvalue weighted by molar-refractivity contribution is 0.596. The van der Waals surface area contributed by atoms with E-state index in [1.807, 2.05) is 0 Å². The van der Waals surface area contributed by atoms with E-state index in [1.54, 1.807) is 24.2 Å². The first-order chi connectivity index (χ1) is 10.0. The molecule has 0 heterocycles. The molecule has 0 N–H and O–H groups in total. The van der Waals surface area contributed by atoms with Crippen LogP contribution in [0, 0.1) is 0 Å². The molecule has 0 aromatic carbocycles. The Labute approximate surface area is 145 Å². The second-order valence-electron chi connectivity index (χ2n) is 9.35. The van der Waals surface area contributed by atoms with E-state index in [0.29, 0.717) is 0 Å². The largest absolute Gasteiger partial charge is 0.346 e. The molecule has 0 aromatic rings. The van der Waals surface area contributed by atoms with Gasteiger partial charge < -0.3 is 4.23 Å². The Kier molecular flexibility index (Phi) is 10.1. The predicted octanol–water partition coefficient (Wildman–Crippen LogP) is 7.03. The van der Waals surface area contributed by atoms with E-state index < -0.39 is 24.5 Å². The fourth-order valence-corrected chi connectivity index (χ4v) is 19.9. The highest BCUT2D eigenvalue weighted by Crippen LogP contribution is 2.32. The summed E-state index contributed by atoms with van der Waals surface area (Å²) in [5.41, 5.74) is 0. The molecular weight excluding hydrogens is 314 g/mol. The summed E-state index contributed by atoms with van der Waals surface area (Å²) in [6.07, 6.45) is 5.72. The normalized spacial score (nSPS) is 13.9. The van der Waals surface area contributed by atoms with Crippen LogP contribution in [-0.4, -0.2) is 35.3 Å². The van der Waals surface area contributed by atoms with Crippen LogP contribution in [0.1, 0.15) is 46.5 Å². The minimum absolute atomic E-state index is 0.976. The summed E-state index contributed by atoms with van der Waals surface area (Å²) >= 11 is 0. The molecule has 0 rings (SSSR count). The minimum atomic E-state index is -1.16. The zero-order valence-electron chi connectivity index (χ0n) is 17.3. The average molecular weight is 360 g/mol. The lowest BCUT2D eigenvalue weighted by atomic mass is 10.5. The standard InChI is InChI=1S/C18H45NSi3/c1-10-15-22(16-11-2,17-12-3)18-13-14-19(20(4,5)6)21(7,8)9/h10-18H2,1-9H3. The molecule has 0 bridgehead atoms. The smallest absolute Gasteiger partial charge is 0.112 e. The fraction of sp³-hybridized carbons (Fsp3) is 1.00. The van der Waals surface area contributed by atoms with Crippen molar-refractivity contribution < 1.29 is 0 Å². The SMILES string of the molecule is CCC[Si](CCC)(CCC)CCCN([Si](C)(C)C)[Si](C)(C)C. The summed E-state index contributed by atoms with van der Waals surface area (Å²) in [6, 6.07) is 6.33. The van der Waals surface area contributed by atoms with E-state index in [1.165, 1.54) is 32.2 Å². The Hall–Kier alpha value is 0.611. The first kappa shape index (κ1) is 22.6. The first-order valence-electron chi connectivity index (χ1n) is 9.80. The molecular formula is C18H45NSi3. The second kappa shape index (κ2) is 9.80. The summed E-state index contributed by atoms with van der Waals surface area (Å²) in [4.78, 5) is 0. The van der Waals surface area contributed by atoms with Crippen molar-refractivity contribution >= 4 is 24.5 Å². The Bertz CT molecular complexity index is 261. The summed E-state index contributed by atoms with van der Waals surface area (Å²) < 4.78 is 2.99. The Morgan fingerprint density at radius 2 is 0.955 bits per heavy atom. The van der Waals surface area contributed by atoms with Gasteiger partial charge in [-0.3, -0.25) is 0 Å². The summed E-state index contributed by atoms with van der Waals surface area (Å²) in [7, 11) is -3.30. The Morgan fingerprint density at radius 1 is 0.591 bits per heavy atom. The fourth-order valence-electron chi connectivity index (χ4n) is 4.63. The van der Waals surface area contributed by atoms with E-state index in [9.17, 15) is 0 Å². The topological polar surface area (TPSA) is 3.24 Å². The molecule has 134 valence electrons. The van der Waals surface area contributed by atoms with Gasteiger partial charge >= 0.3 is 0 Å². The van der Waals surface area contributed by atoms with Gasteiger partial charge in [-0.15, -0.1) is 0 Å². The maximum absolute atomic E-state index is 2.99. The van der Waals surface area contributed by atoms with Gasteiger partial charge in [0.05, 0.1) is 8.07 Å². The highest BCUT2D eigenvalue weighted by atomic mass is 28.4. The molecule has 22 heavy (non-hydrogen) atoms. The maximum atomic E-state index is 2.99. The summed E-state index contributed by atoms with van der Waals surface area (Å²) in [6.45, 7) is 23.9. The molecule has 4 heteroatoms. The summed E-state index contributed by atoms with van der Waals surface area (Å²) in [5.74, 6) is 0. The van der Waals surface area contributed by atoms with Crippen molar-refractivity contribution in [3.8, 4) is 0 Å². The van der Waals surface area contributed by atoms with E-state index in [4.69, 9.17) is 0 Å². The zero-order valence-corrected chi connectivity index (χ0v) is 20.3. The molecule has 0 saturated carbocycles. The molecule has 0 aliphatic rings. The molecule has 0 spiro atoms. The predicted molar refractivity (Wildman–Crippen MR) is 114 cm³/mol. The van der Waals surface area contributed by atoms with Gasteiger partial charge in [0.1, 0.15) is 16.5 Å². The van der Waals surface area contributed by atoms with Gasteiger partial charge in [-0.05, 0) is 13.0 Å². The highest BCUT2D eigenvalue weighted by molar-refractivity contribution is 6.89. The highest BCUT2D eigenvalue weighted by Gasteiger charge is 2.35. The van der Waals surface area contributed by atoms with Crippen molar-refractivity contribution in [2.45, 2.75) is 110 Å². The average Bonchev–Trinajstić information content (AvgIpc) is 2.32. The quantitative estimate of drug-likeness (QED) is 0.338. The first-order valence-corrected chi connectivity index (χ1v) is 19.5. The molecule has 0 radical (unpaired) electrons. The molecule has 0 atom stereocenters. The number of hydrogen-bond donors (Lipinski definition) is 0. The molecule has 1 nitrogen and oxygen atoms in total. The van der Waals surface area contributed by atoms with Crippen LogP contribution in [0.3, 0.4) is 0 Å². The van der Waals surface area contributed by atoms with Crippen molar-refractivity contribution in [1.82, 2.24) is 4.23 Å². The van der Waals surface area contributed by atoms with Gasteiger partial charge in [-0.2, -0.15) is 0 Å². The molecule has 0 fully saturated rings. The van der Waals surface area contributed by atoms with Crippen LogP contribution in [0.4, 0.5) is 0 Å². The molecule has 0 amide bonds. The molecule has 0 saturated heterocycles. The van der Waals surface area contributed by atoms with Gasteiger partial charge in [0.2, 0.25) is 0 Å². The van der Waals surface area contributed by atoms with Crippen LogP contribution in [0.2, 0.25) is 63.5 Å². The monoisotopic (exact) mass is 359 g/mol. The number of nitrogens with zero attached hydrogens (tertiary/aromatic N) is 1. The van der Waals surface area contributed by atoms with Crippen LogP contribution in [0.15, 0.2) is 0 Å². The lowest BCUT2D eigenvalue weighted by Crippen LogP contribution is -2.59. The second-order valence-corrected chi connectivity index (χ2v) is 24.6. The minimum Gasteiger partial charge on any atom is -0.346 e. The van der Waals surface area contributed by atoms with Gasteiger partial charge in [0, 0.05) is 0 Å². The van der Waals surface area contributed by atoms with E-state index in [2.05, 4.69) is 64.3 Å². The molecule has 0 aromatic heterocycles. The van der Waals surface area contributed by atoms with Crippen molar-refractivity contribution in [2.75, 3.05) is 6.54 Å².